The van der Waals surface area contributed by atoms with Crippen molar-refractivity contribution in [3.63, 3.8) is 0 Å². The van der Waals surface area contributed by atoms with Gasteiger partial charge in [-0.25, -0.2) is 4.99 Å². The van der Waals surface area contributed by atoms with E-state index in [2.05, 4.69) is 42.2 Å². The molecule has 0 radical (unpaired) electrons. The third-order valence-electron chi connectivity index (χ3n) is 6.32. The molecule has 0 aromatic rings. The summed E-state index contributed by atoms with van der Waals surface area (Å²) in [5.74, 6) is 0.717. The number of morpholine rings is 1. The van der Waals surface area contributed by atoms with Crippen molar-refractivity contribution in [2.75, 3.05) is 19.9 Å². The SMILES string of the molecule is C=C/C(=N\C=N/CN1C(CC)COCC1CC)C(=N)C1=CC(OC2(C)CC2)=CC=C[C@H]1N. The largest absolute Gasteiger partial charge is 0.488 e. The fraction of sp³-hybridized carbons (Fsp3) is 0.560. The molecule has 3 aliphatic rings. The normalized spacial score (nSPS) is 28.1. The standard InChI is InChI=1S/C25H37N5O2/c1-5-18-14-31-15-19(6-2)30(18)17-28-16-29-23(7-3)24(27)21-13-20(9-8-10-22(21)26)32-25(4)11-12-25/h7-10,13,16,18-19,22,27H,3,5-6,11-12,14-15,17,26H2,1-2,4H3/b27-24?,28-16-,29-23+/t18?,19?,22-/m1/s1. The molecule has 1 saturated heterocycles. The third-order valence-corrected chi connectivity index (χ3v) is 6.32. The third kappa shape index (κ3) is 6.12. The topological polar surface area (TPSA) is 96.3 Å². The first-order valence-corrected chi connectivity index (χ1v) is 11.6. The van der Waals surface area contributed by atoms with Gasteiger partial charge in [0.1, 0.15) is 17.7 Å². The summed E-state index contributed by atoms with van der Waals surface area (Å²) in [6, 6.07) is 0.316. The van der Waals surface area contributed by atoms with Crippen molar-refractivity contribution in [2.24, 2.45) is 15.7 Å². The molecule has 2 aliphatic carbocycles. The zero-order valence-electron chi connectivity index (χ0n) is 19.6. The molecule has 3 atom stereocenters. The van der Waals surface area contributed by atoms with Crippen LogP contribution < -0.4 is 5.73 Å². The molecule has 7 heteroatoms. The Morgan fingerprint density at radius 1 is 1.34 bits per heavy atom. The highest BCUT2D eigenvalue weighted by atomic mass is 16.5. The van der Waals surface area contributed by atoms with Gasteiger partial charge in [0.05, 0.1) is 37.3 Å². The summed E-state index contributed by atoms with van der Waals surface area (Å²) < 4.78 is 11.8. The van der Waals surface area contributed by atoms with E-state index >= 15 is 0 Å². The highest BCUT2D eigenvalue weighted by molar-refractivity contribution is 6.51. The zero-order valence-corrected chi connectivity index (χ0v) is 19.6. The van der Waals surface area contributed by atoms with Gasteiger partial charge in [-0.1, -0.05) is 32.6 Å². The maximum Gasteiger partial charge on any atom is 0.120 e. The molecule has 3 rings (SSSR count). The average molecular weight is 440 g/mol. The second-order valence-electron chi connectivity index (χ2n) is 8.84. The predicted octanol–water partition coefficient (Wildman–Crippen LogP) is 3.78. The molecule has 2 unspecified atom stereocenters. The molecule has 3 N–H and O–H groups in total. The minimum absolute atomic E-state index is 0.105. The maximum absolute atomic E-state index is 8.70. The number of nitrogens with two attached hydrogens (primary N) is 1. The average Bonchev–Trinajstić information content (AvgIpc) is 3.55. The molecule has 32 heavy (non-hydrogen) atoms. The molecule has 0 amide bonds. The van der Waals surface area contributed by atoms with Crippen molar-refractivity contribution in [1.82, 2.24) is 4.90 Å². The molecule has 174 valence electrons. The minimum Gasteiger partial charge on any atom is -0.488 e. The highest BCUT2D eigenvalue weighted by Crippen LogP contribution is 2.41. The molecule has 7 nitrogen and oxygen atoms in total. The second kappa shape index (κ2) is 11.0. The van der Waals surface area contributed by atoms with Gasteiger partial charge in [-0.05, 0) is 50.8 Å². The number of allylic oxidation sites excluding steroid dienone is 4. The van der Waals surface area contributed by atoms with Crippen molar-refractivity contribution < 1.29 is 9.47 Å². The van der Waals surface area contributed by atoms with Gasteiger partial charge in [-0.3, -0.25) is 15.3 Å². The number of hydrogen-bond acceptors (Lipinski definition) is 6. The van der Waals surface area contributed by atoms with Crippen LogP contribution in [0.1, 0.15) is 46.5 Å². The first-order valence-electron chi connectivity index (χ1n) is 11.6. The van der Waals surface area contributed by atoms with Gasteiger partial charge < -0.3 is 15.2 Å². The molecular formula is C25H37N5O2. The monoisotopic (exact) mass is 439 g/mol. The van der Waals surface area contributed by atoms with E-state index in [1.165, 1.54) is 6.34 Å². The van der Waals surface area contributed by atoms with Gasteiger partial charge in [0.15, 0.2) is 0 Å². The van der Waals surface area contributed by atoms with Gasteiger partial charge in [-0.15, -0.1) is 0 Å². The summed E-state index contributed by atoms with van der Waals surface area (Å²) in [7, 11) is 0. The van der Waals surface area contributed by atoms with Crippen LogP contribution in [0.3, 0.4) is 0 Å². The number of aliphatic imine (C=N–C) groups is 2. The lowest BCUT2D eigenvalue weighted by atomic mass is 9.98. The van der Waals surface area contributed by atoms with Gasteiger partial charge in [0.25, 0.3) is 0 Å². The smallest absolute Gasteiger partial charge is 0.120 e. The molecule has 1 aliphatic heterocycles. The number of nitrogens with one attached hydrogen (secondary N) is 1. The Labute approximate surface area is 192 Å². The number of ether oxygens (including phenoxy) is 2. The summed E-state index contributed by atoms with van der Waals surface area (Å²) in [5.41, 5.74) is 7.50. The Bertz CT molecular complexity index is 838. The summed E-state index contributed by atoms with van der Waals surface area (Å²) in [4.78, 5) is 11.3. The second-order valence-corrected chi connectivity index (χ2v) is 8.84. The zero-order chi connectivity index (χ0) is 23.1. The van der Waals surface area contributed by atoms with Crippen molar-refractivity contribution >= 4 is 17.8 Å². The van der Waals surface area contributed by atoms with Gasteiger partial charge in [0, 0.05) is 17.7 Å². The van der Waals surface area contributed by atoms with Crippen LogP contribution in [0.5, 0.6) is 0 Å². The van der Waals surface area contributed by atoms with Crippen LogP contribution in [0.2, 0.25) is 0 Å². The quantitative estimate of drug-likeness (QED) is 0.400. The van der Waals surface area contributed by atoms with E-state index in [1.807, 2.05) is 24.3 Å². The summed E-state index contributed by atoms with van der Waals surface area (Å²) >= 11 is 0. The Morgan fingerprint density at radius 2 is 2.03 bits per heavy atom. The maximum atomic E-state index is 8.70. The van der Waals surface area contributed by atoms with Gasteiger partial charge in [-0.2, -0.15) is 0 Å². The Kier molecular flexibility index (Phi) is 8.34. The van der Waals surface area contributed by atoms with E-state index in [9.17, 15) is 0 Å². The molecular weight excluding hydrogens is 402 g/mol. The minimum atomic E-state index is -0.419. The van der Waals surface area contributed by atoms with Crippen LogP contribution in [0.25, 0.3) is 0 Å². The Balaban J connectivity index is 1.70. The van der Waals surface area contributed by atoms with Crippen LogP contribution in [0.15, 0.2) is 58.3 Å². The van der Waals surface area contributed by atoms with Crippen LogP contribution in [0.4, 0.5) is 0 Å². The summed E-state index contributed by atoms with van der Waals surface area (Å²) in [5, 5.41) is 8.70. The molecule has 0 spiro atoms. The van der Waals surface area contributed by atoms with Crippen molar-refractivity contribution in [1.29, 1.82) is 5.41 Å². The van der Waals surface area contributed by atoms with Gasteiger partial charge >= 0.3 is 0 Å². The van der Waals surface area contributed by atoms with E-state index in [-0.39, 0.29) is 11.3 Å². The first-order chi connectivity index (χ1) is 15.4. The number of nitrogens with zero attached hydrogens (tertiary/aromatic N) is 3. The van der Waals surface area contributed by atoms with E-state index in [0.717, 1.165) is 44.7 Å². The lowest BCUT2D eigenvalue weighted by Gasteiger charge is -2.40. The molecule has 1 heterocycles. The van der Waals surface area contributed by atoms with Crippen LogP contribution >= 0.6 is 0 Å². The fourth-order valence-electron chi connectivity index (χ4n) is 3.90. The molecule has 0 bridgehead atoms. The lowest BCUT2D eigenvalue weighted by molar-refractivity contribution is -0.0497. The van der Waals surface area contributed by atoms with E-state index in [4.69, 9.17) is 20.6 Å². The Hall–Kier alpha value is -2.35. The molecule has 2 fully saturated rings. The van der Waals surface area contributed by atoms with Crippen LogP contribution in [-0.4, -0.2) is 66.3 Å². The predicted molar refractivity (Wildman–Crippen MR) is 132 cm³/mol. The molecule has 0 aromatic heterocycles. The van der Waals surface area contributed by atoms with Crippen molar-refractivity contribution in [2.45, 2.75) is 70.2 Å². The van der Waals surface area contributed by atoms with E-state index < -0.39 is 6.04 Å². The Morgan fingerprint density at radius 3 is 2.62 bits per heavy atom. The summed E-state index contributed by atoms with van der Waals surface area (Å²) in [6.45, 7) is 12.3. The lowest BCUT2D eigenvalue weighted by Crippen LogP contribution is -2.51. The van der Waals surface area contributed by atoms with Crippen molar-refractivity contribution in [3.05, 3.63) is 48.3 Å². The highest BCUT2D eigenvalue weighted by Gasteiger charge is 2.40. The van der Waals surface area contributed by atoms with Crippen molar-refractivity contribution in [3.8, 4) is 0 Å². The summed E-state index contributed by atoms with van der Waals surface area (Å²) in [6.07, 6.45) is 14.7. The van der Waals surface area contributed by atoms with Crippen LogP contribution in [-0.2, 0) is 9.47 Å². The van der Waals surface area contributed by atoms with E-state index in [1.54, 1.807) is 6.08 Å². The number of rotatable bonds is 10. The molecule has 0 aromatic carbocycles. The van der Waals surface area contributed by atoms with E-state index in [0.29, 0.717) is 30.0 Å². The fourth-order valence-corrected chi connectivity index (χ4v) is 3.90. The van der Waals surface area contributed by atoms with Gasteiger partial charge in [0.2, 0.25) is 0 Å². The number of hydrogen-bond donors (Lipinski definition) is 2. The first kappa shape index (κ1) is 24.3. The van der Waals surface area contributed by atoms with Crippen LogP contribution in [0, 0.1) is 5.41 Å². The molecule has 1 saturated carbocycles.